The van der Waals surface area contributed by atoms with Crippen molar-refractivity contribution in [1.82, 2.24) is 24.7 Å². The first kappa shape index (κ1) is 24.4. The number of carbonyl (C=O) groups excluding carboxylic acids is 1. The number of hydrogen-bond donors (Lipinski definition) is 1. The van der Waals surface area contributed by atoms with E-state index < -0.39 is 6.10 Å². The molecule has 2 fully saturated rings. The van der Waals surface area contributed by atoms with Crippen LogP contribution in [-0.2, 0) is 4.79 Å². The zero-order valence-electron chi connectivity index (χ0n) is 20.6. The average Bonchev–Trinajstić information content (AvgIpc) is 3.17. The van der Waals surface area contributed by atoms with Crippen LogP contribution >= 0.6 is 11.6 Å². The van der Waals surface area contributed by atoms with Gasteiger partial charge in [0.05, 0.1) is 17.7 Å². The normalized spacial score (nSPS) is 24.5. The minimum Gasteiger partial charge on any atom is -0.387 e. The van der Waals surface area contributed by atoms with Crippen molar-refractivity contribution in [2.75, 3.05) is 70.9 Å². The van der Waals surface area contributed by atoms with Crippen molar-refractivity contribution in [3.8, 4) is 0 Å². The molecule has 2 aromatic rings. The first-order chi connectivity index (χ1) is 16.9. The van der Waals surface area contributed by atoms with Crippen LogP contribution in [0.2, 0.25) is 5.02 Å². The number of piperazine rings is 2. The Hall–Kier alpha value is -2.26. The molecule has 9 heteroatoms. The summed E-state index contributed by atoms with van der Waals surface area (Å²) < 4.78 is 0. The van der Waals surface area contributed by atoms with Crippen LogP contribution < -0.4 is 4.90 Å². The van der Waals surface area contributed by atoms with Crippen molar-refractivity contribution in [3.63, 3.8) is 0 Å². The van der Waals surface area contributed by atoms with Gasteiger partial charge in [-0.25, -0.2) is 9.97 Å². The fraction of sp³-hybridized carbons (Fsp3) is 0.577. The highest BCUT2D eigenvalue weighted by Crippen LogP contribution is 2.42. The Bertz CT molecular complexity index is 1030. The van der Waals surface area contributed by atoms with Crippen LogP contribution in [0, 0.1) is 0 Å². The average molecular weight is 499 g/mol. The first-order valence-electron chi connectivity index (χ1n) is 12.6. The molecule has 5 rings (SSSR count). The van der Waals surface area contributed by atoms with Gasteiger partial charge in [-0.15, -0.1) is 0 Å². The van der Waals surface area contributed by atoms with E-state index in [2.05, 4.69) is 38.6 Å². The Morgan fingerprint density at radius 1 is 1.06 bits per heavy atom. The zero-order chi connectivity index (χ0) is 24.5. The van der Waals surface area contributed by atoms with E-state index in [0.717, 1.165) is 68.5 Å². The molecule has 35 heavy (non-hydrogen) atoms. The van der Waals surface area contributed by atoms with Crippen molar-refractivity contribution in [1.29, 1.82) is 0 Å². The van der Waals surface area contributed by atoms with Gasteiger partial charge in [0.25, 0.3) is 0 Å². The van der Waals surface area contributed by atoms with Crippen LogP contribution in [0.3, 0.4) is 0 Å². The molecule has 2 aliphatic heterocycles. The number of aliphatic hydroxyl groups is 1. The van der Waals surface area contributed by atoms with E-state index >= 15 is 0 Å². The number of aromatic nitrogens is 2. The van der Waals surface area contributed by atoms with Crippen molar-refractivity contribution in [3.05, 3.63) is 52.4 Å². The molecule has 1 N–H and O–H groups in total. The summed E-state index contributed by atoms with van der Waals surface area (Å²) in [5, 5.41) is 11.0. The summed E-state index contributed by atoms with van der Waals surface area (Å²) in [4.78, 5) is 31.7. The van der Waals surface area contributed by atoms with Crippen LogP contribution in [0.4, 0.5) is 5.82 Å². The third-order valence-corrected chi connectivity index (χ3v) is 8.03. The fourth-order valence-corrected chi connectivity index (χ4v) is 5.75. The molecule has 0 saturated carbocycles. The molecule has 1 aromatic heterocycles. The van der Waals surface area contributed by atoms with Gasteiger partial charge in [0.1, 0.15) is 12.1 Å². The molecule has 1 amide bonds. The second-order valence-corrected chi connectivity index (χ2v) is 10.6. The van der Waals surface area contributed by atoms with Gasteiger partial charge in [0, 0.05) is 69.5 Å². The van der Waals surface area contributed by atoms with Crippen molar-refractivity contribution < 1.29 is 9.90 Å². The van der Waals surface area contributed by atoms with Gasteiger partial charge in [-0.1, -0.05) is 30.7 Å². The summed E-state index contributed by atoms with van der Waals surface area (Å²) in [7, 11) is 2.15. The Kier molecular flexibility index (Phi) is 7.25. The number of halogens is 1. The first-order valence-corrected chi connectivity index (χ1v) is 13.0. The maximum Gasteiger partial charge on any atom is 0.231 e. The quantitative estimate of drug-likeness (QED) is 0.678. The topological polar surface area (TPSA) is 76.0 Å². The SMILES string of the molecule is C[C@@H]1C[C@@H](O)c2ncnc(N3CCN(C(=O)[C@H](CN4CCN(C)CC4)c4ccc(Cl)cc4)CC3)c21. The van der Waals surface area contributed by atoms with Gasteiger partial charge < -0.3 is 19.8 Å². The lowest BCUT2D eigenvalue weighted by molar-refractivity contribution is -0.133. The lowest BCUT2D eigenvalue weighted by Gasteiger charge is -2.39. The van der Waals surface area contributed by atoms with Crippen LogP contribution in [-0.4, -0.2) is 102 Å². The second-order valence-electron chi connectivity index (χ2n) is 10.2. The Balaban J connectivity index is 1.29. The van der Waals surface area contributed by atoms with E-state index in [1.54, 1.807) is 6.33 Å². The molecule has 188 valence electrons. The van der Waals surface area contributed by atoms with Crippen LogP contribution in [0.15, 0.2) is 30.6 Å². The molecule has 0 unspecified atom stereocenters. The van der Waals surface area contributed by atoms with Gasteiger partial charge in [-0.3, -0.25) is 9.69 Å². The second kappa shape index (κ2) is 10.4. The highest BCUT2D eigenvalue weighted by molar-refractivity contribution is 6.30. The van der Waals surface area contributed by atoms with Gasteiger partial charge in [-0.05, 0) is 37.1 Å². The molecule has 3 aliphatic rings. The third-order valence-electron chi connectivity index (χ3n) is 7.78. The van der Waals surface area contributed by atoms with Crippen molar-refractivity contribution in [2.45, 2.75) is 31.3 Å². The molecule has 1 aliphatic carbocycles. The number of likely N-dealkylation sites (N-methyl/N-ethyl adjacent to an activating group) is 1. The molecule has 1 aromatic carbocycles. The molecule has 8 nitrogen and oxygen atoms in total. The van der Waals surface area contributed by atoms with E-state index in [1.165, 1.54) is 0 Å². The highest BCUT2D eigenvalue weighted by atomic mass is 35.5. The summed E-state index contributed by atoms with van der Waals surface area (Å²) in [5.74, 6) is 1.12. The number of anilines is 1. The van der Waals surface area contributed by atoms with E-state index in [0.29, 0.717) is 24.5 Å². The standard InChI is InChI=1S/C26H35ClN6O2/c1-18-15-22(34)24-23(18)25(29-17-28-24)32-11-13-33(14-12-32)26(35)21(19-3-5-20(27)6-4-19)16-31-9-7-30(2)8-10-31/h3-6,17-18,21-22,34H,7-16H2,1-2H3/t18-,21-,22-/m1/s1. The minimum atomic E-state index is -0.515. The Morgan fingerprint density at radius 2 is 1.74 bits per heavy atom. The lowest BCUT2D eigenvalue weighted by atomic mass is 9.96. The number of benzene rings is 1. The molecular formula is C26H35ClN6O2. The van der Waals surface area contributed by atoms with Gasteiger partial charge in [0.15, 0.2) is 0 Å². The number of carbonyl (C=O) groups is 1. The van der Waals surface area contributed by atoms with Crippen LogP contribution in [0.5, 0.6) is 0 Å². The molecule has 0 bridgehead atoms. The van der Waals surface area contributed by atoms with E-state index in [4.69, 9.17) is 11.6 Å². The zero-order valence-corrected chi connectivity index (χ0v) is 21.4. The summed E-state index contributed by atoms with van der Waals surface area (Å²) in [6, 6.07) is 7.75. The monoisotopic (exact) mass is 498 g/mol. The summed E-state index contributed by atoms with van der Waals surface area (Å²) in [6.45, 7) is 9.60. The van der Waals surface area contributed by atoms with E-state index in [-0.39, 0.29) is 17.7 Å². The smallest absolute Gasteiger partial charge is 0.231 e. The minimum absolute atomic E-state index is 0.183. The molecule has 0 spiro atoms. The number of hydrogen-bond acceptors (Lipinski definition) is 7. The summed E-state index contributed by atoms with van der Waals surface area (Å²) in [5.41, 5.74) is 2.85. The number of fused-ring (bicyclic) bond motifs is 1. The third kappa shape index (κ3) is 5.16. The van der Waals surface area contributed by atoms with Crippen LogP contribution in [0.25, 0.3) is 0 Å². The molecule has 2 saturated heterocycles. The summed E-state index contributed by atoms with van der Waals surface area (Å²) in [6.07, 6.45) is 1.73. The maximum atomic E-state index is 13.8. The predicted octanol–water partition coefficient (Wildman–Crippen LogP) is 2.35. The number of nitrogens with zero attached hydrogens (tertiary/aromatic N) is 6. The van der Waals surface area contributed by atoms with Crippen molar-refractivity contribution >= 4 is 23.3 Å². The molecule has 3 heterocycles. The summed E-state index contributed by atoms with van der Waals surface area (Å²) >= 11 is 6.14. The lowest BCUT2D eigenvalue weighted by Crippen LogP contribution is -2.52. The predicted molar refractivity (Wildman–Crippen MR) is 137 cm³/mol. The largest absolute Gasteiger partial charge is 0.387 e. The highest BCUT2D eigenvalue weighted by Gasteiger charge is 2.35. The van der Waals surface area contributed by atoms with Crippen LogP contribution in [0.1, 0.15) is 48.1 Å². The number of aliphatic hydroxyl groups excluding tert-OH is 1. The Labute approximate surface area is 212 Å². The van der Waals surface area contributed by atoms with E-state index in [1.807, 2.05) is 29.2 Å². The van der Waals surface area contributed by atoms with Crippen molar-refractivity contribution in [2.24, 2.45) is 0 Å². The van der Waals surface area contributed by atoms with Gasteiger partial charge in [0.2, 0.25) is 5.91 Å². The van der Waals surface area contributed by atoms with Gasteiger partial charge >= 0.3 is 0 Å². The molecular weight excluding hydrogens is 464 g/mol. The number of amides is 1. The number of rotatable bonds is 5. The Morgan fingerprint density at radius 3 is 2.43 bits per heavy atom. The van der Waals surface area contributed by atoms with Gasteiger partial charge in [-0.2, -0.15) is 0 Å². The molecule has 0 radical (unpaired) electrons. The fourth-order valence-electron chi connectivity index (χ4n) is 5.62. The van der Waals surface area contributed by atoms with E-state index in [9.17, 15) is 9.90 Å². The molecule has 3 atom stereocenters. The maximum absolute atomic E-state index is 13.8.